The van der Waals surface area contributed by atoms with Gasteiger partial charge in [0.25, 0.3) is 0 Å². The van der Waals surface area contributed by atoms with Crippen LogP contribution in [-0.2, 0) is 28.7 Å². The summed E-state index contributed by atoms with van der Waals surface area (Å²) in [6.07, 6.45) is 4.85. The van der Waals surface area contributed by atoms with E-state index in [2.05, 4.69) is 0 Å². The Balaban J connectivity index is 1.41. The number of nitrogens with zero attached hydrogens (tertiary/aromatic N) is 1. The van der Waals surface area contributed by atoms with E-state index in [0.717, 1.165) is 32.1 Å². The van der Waals surface area contributed by atoms with Gasteiger partial charge < -0.3 is 9.47 Å². The molecular weight excluding hydrogens is 362 g/mol. The van der Waals surface area contributed by atoms with Gasteiger partial charge in [0.05, 0.1) is 18.9 Å². The zero-order valence-corrected chi connectivity index (χ0v) is 16.9. The quantitative estimate of drug-likeness (QED) is 0.526. The highest BCUT2D eigenvalue weighted by atomic mass is 16.6. The van der Waals surface area contributed by atoms with Crippen LogP contribution in [0.1, 0.15) is 58.8 Å². The fraction of sp³-hybridized carbons (Fsp3) is 0.810. The number of imide groups is 1. The number of carbonyl (C=O) groups is 4. The van der Waals surface area contributed by atoms with Crippen LogP contribution in [0.3, 0.4) is 0 Å². The number of ether oxygens (including phenoxy) is 2. The lowest BCUT2D eigenvalue weighted by molar-refractivity contribution is -0.211. The minimum atomic E-state index is -0.602. The van der Waals surface area contributed by atoms with E-state index in [0.29, 0.717) is 18.3 Å². The molecule has 4 bridgehead atoms. The average Bonchev–Trinajstić information content (AvgIpc) is 2.81. The smallest absolute Gasteiger partial charge is 0.311 e. The van der Waals surface area contributed by atoms with Gasteiger partial charge in [-0.3, -0.25) is 24.1 Å². The molecule has 7 nitrogen and oxygen atoms in total. The lowest BCUT2D eigenvalue weighted by Crippen LogP contribution is -2.60. The largest absolute Gasteiger partial charge is 0.469 e. The predicted molar refractivity (Wildman–Crippen MR) is 97.6 cm³/mol. The molecule has 2 amide bonds. The van der Waals surface area contributed by atoms with E-state index >= 15 is 0 Å². The second-order valence-corrected chi connectivity index (χ2v) is 9.55. The standard InChI is InChI=1S/C21H29NO6/c1-12-13(2)18(25)22(17(12)24)5-4-16(23)28-21-9-14-6-15(10-21)8-20(7-14,11-21)19(26)27-3/h12-15H,4-11H2,1-3H3. The Kier molecular flexibility index (Phi) is 4.55. The highest BCUT2D eigenvalue weighted by Gasteiger charge is 2.62. The Morgan fingerprint density at radius 1 is 1.04 bits per heavy atom. The Morgan fingerprint density at radius 2 is 1.61 bits per heavy atom. The molecule has 28 heavy (non-hydrogen) atoms. The third kappa shape index (κ3) is 2.94. The van der Waals surface area contributed by atoms with E-state index in [1.54, 1.807) is 13.8 Å². The van der Waals surface area contributed by atoms with Crippen LogP contribution in [0.4, 0.5) is 0 Å². The van der Waals surface area contributed by atoms with Crippen molar-refractivity contribution < 1.29 is 28.7 Å². The maximum absolute atomic E-state index is 12.6. The highest BCUT2D eigenvalue weighted by Crippen LogP contribution is 2.63. The summed E-state index contributed by atoms with van der Waals surface area (Å²) in [5, 5.41) is 0. The number of hydrogen-bond acceptors (Lipinski definition) is 6. The Hall–Kier alpha value is -1.92. The summed E-state index contributed by atoms with van der Waals surface area (Å²) in [5.74, 6) is -0.922. The number of methoxy groups -OCH3 is 1. The van der Waals surface area contributed by atoms with Gasteiger partial charge in [-0.1, -0.05) is 13.8 Å². The second-order valence-electron chi connectivity index (χ2n) is 9.55. The molecule has 0 N–H and O–H groups in total. The molecule has 0 radical (unpaired) electrons. The molecule has 4 saturated carbocycles. The van der Waals surface area contributed by atoms with E-state index in [-0.39, 0.29) is 42.6 Å². The first-order valence-corrected chi connectivity index (χ1v) is 10.3. The van der Waals surface area contributed by atoms with Gasteiger partial charge >= 0.3 is 11.9 Å². The number of likely N-dealkylation sites (tertiary alicyclic amines) is 1. The molecule has 5 rings (SSSR count). The van der Waals surface area contributed by atoms with Crippen molar-refractivity contribution in [1.29, 1.82) is 0 Å². The molecule has 0 spiro atoms. The fourth-order valence-electron chi connectivity index (χ4n) is 6.50. The molecule has 154 valence electrons. The van der Waals surface area contributed by atoms with Crippen LogP contribution in [0, 0.1) is 29.1 Å². The lowest BCUT2D eigenvalue weighted by atomic mass is 9.48. The van der Waals surface area contributed by atoms with Gasteiger partial charge in [0.2, 0.25) is 11.8 Å². The van der Waals surface area contributed by atoms with Gasteiger partial charge in [0.1, 0.15) is 5.60 Å². The third-order valence-electron chi connectivity index (χ3n) is 7.56. The average molecular weight is 391 g/mol. The summed E-state index contributed by atoms with van der Waals surface area (Å²) in [6.45, 7) is 3.55. The number of rotatable bonds is 5. The molecule has 7 heteroatoms. The van der Waals surface area contributed by atoms with E-state index < -0.39 is 17.0 Å². The topological polar surface area (TPSA) is 90.0 Å². The summed E-state index contributed by atoms with van der Waals surface area (Å²) < 4.78 is 11.0. The van der Waals surface area contributed by atoms with Crippen molar-refractivity contribution in [2.75, 3.05) is 13.7 Å². The Labute approximate surface area is 165 Å². The zero-order valence-electron chi connectivity index (χ0n) is 16.9. The van der Waals surface area contributed by atoms with Gasteiger partial charge in [-0.05, 0) is 43.9 Å². The second kappa shape index (κ2) is 6.56. The Morgan fingerprint density at radius 3 is 2.14 bits per heavy atom. The summed E-state index contributed by atoms with van der Waals surface area (Å²) in [7, 11) is 1.42. The molecule has 4 atom stereocenters. The molecule has 0 aromatic heterocycles. The highest BCUT2D eigenvalue weighted by molar-refractivity contribution is 6.04. The molecule has 1 heterocycles. The first kappa shape index (κ1) is 19.4. The van der Waals surface area contributed by atoms with Crippen molar-refractivity contribution in [3.8, 4) is 0 Å². The van der Waals surface area contributed by atoms with E-state index in [1.165, 1.54) is 12.0 Å². The number of hydrogen-bond donors (Lipinski definition) is 0. The van der Waals surface area contributed by atoms with Crippen molar-refractivity contribution >= 4 is 23.8 Å². The SMILES string of the molecule is COC(=O)C12CC3CC(CC(OC(=O)CCN4C(=O)C(C)C(C)C4=O)(C3)C1)C2. The van der Waals surface area contributed by atoms with Crippen molar-refractivity contribution in [2.24, 2.45) is 29.1 Å². The number of amides is 2. The lowest BCUT2D eigenvalue weighted by Gasteiger charge is -2.59. The molecule has 0 aromatic rings. The normalized spacial score (nSPS) is 41.5. The van der Waals surface area contributed by atoms with Crippen LogP contribution in [-0.4, -0.2) is 47.9 Å². The fourth-order valence-corrected chi connectivity index (χ4v) is 6.50. The van der Waals surface area contributed by atoms with Crippen LogP contribution < -0.4 is 0 Å². The molecule has 1 aliphatic heterocycles. The van der Waals surface area contributed by atoms with Gasteiger partial charge in [0, 0.05) is 24.8 Å². The van der Waals surface area contributed by atoms with Gasteiger partial charge in [0.15, 0.2) is 0 Å². The van der Waals surface area contributed by atoms with E-state index in [1.807, 2.05) is 0 Å². The summed E-state index contributed by atoms with van der Waals surface area (Å²) in [6, 6.07) is 0. The van der Waals surface area contributed by atoms with Crippen molar-refractivity contribution in [3.05, 3.63) is 0 Å². The monoisotopic (exact) mass is 391 g/mol. The molecule has 1 saturated heterocycles. The molecular formula is C21H29NO6. The summed E-state index contributed by atoms with van der Waals surface area (Å²) in [4.78, 5) is 50.7. The first-order valence-electron chi connectivity index (χ1n) is 10.3. The predicted octanol–water partition coefficient (Wildman–Crippen LogP) is 2.07. The van der Waals surface area contributed by atoms with E-state index in [9.17, 15) is 19.2 Å². The van der Waals surface area contributed by atoms with Gasteiger partial charge in [-0.15, -0.1) is 0 Å². The van der Waals surface area contributed by atoms with Crippen LogP contribution in [0.15, 0.2) is 0 Å². The number of carbonyl (C=O) groups excluding carboxylic acids is 4. The Bertz CT molecular complexity index is 696. The van der Waals surface area contributed by atoms with Crippen molar-refractivity contribution in [3.63, 3.8) is 0 Å². The van der Waals surface area contributed by atoms with Gasteiger partial charge in [-0.2, -0.15) is 0 Å². The molecule has 4 aliphatic carbocycles. The maximum Gasteiger partial charge on any atom is 0.311 e. The number of esters is 2. The molecule has 5 fully saturated rings. The van der Waals surface area contributed by atoms with Crippen LogP contribution >= 0.6 is 0 Å². The van der Waals surface area contributed by atoms with Gasteiger partial charge in [-0.25, -0.2) is 0 Å². The van der Waals surface area contributed by atoms with Crippen molar-refractivity contribution in [2.45, 2.75) is 64.4 Å². The van der Waals surface area contributed by atoms with E-state index in [4.69, 9.17) is 9.47 Å². The summed E-state index contributed by atoms with van der Waals surface area (Å²) >= 11 is 0. The molecule has 4 unspecified atom stereocenters. The molecule has 5 aliphatic rings. The third-order valence-corrected chi connectivity index (χ3v) is 7.56. The van der Waals surface area contributed by atoms with Crippen molar-refractivity contribution in [1.82, 2.24) is 4.90 Å². The maximum atomic E-state index is 12.6. The van der Waals surface area contributed by atoms with Crippen LogP contribution in [0.2, 0.25) is 0 Å². The van der Waals surface area contributed by atoms with Crippen LogP contribution in [0.25, 0.3) is 0 Å². The van der Waals surface area contributed by atoms with Crippen LogP contribution in [0.5, 0.6) is 0 Å². The summed E-state index contributed by atoms with van der Waals surface area (Å²) in [5.41, 5.74) is -1.13. The minimum Gasteiger partial charge on any atom is -0.469 e. The zero-order chi connectivity index (χ0) is 20.3. The minimum absolute atomic E-state index is 0.000766. The first-order chi connectivity index (χ1) is 13.2. The molecule has 0 aromatic carbocycles.